The number of nitrogens with two attached hydrogens (primary N) is 2. The van der Waals surface area contributed by atoms with Crippen LogP contribution in [0.4, 0.5) is 15.9 Å². The number of nitrogens with one attached hydrogen (secondary N) is 2. The molecule has 13 heteroatoms. The van der Waals surface area contributed by atoms with Crippen molar-refractivity contribution < 1.29 is 23.9 Å². The molecule has 0 fully saturated rings. The van der Waals surface area contributed by atoms with Gasteiger partial charge >= 0.3 is 0 Å². The lowest BCUT2D eigenvalue weighted by atomic mass is 10.2. The normalized spacial score (nSPS) is 12.7. The summed E-state index contributed by atoms with van der Waals surface area (Å²) in [5.41, 5.74) is 15.1. The predicted molar refractivity (Wildman–Crippen MR) is 90.9 cm³/mol. The van der Waals surface area contributed by atoms with Crippen LogP contribution in [-0.2, 0) is 9.63 Å². The van der Waals surface area contributed by atoms with Gasteiger partial charge in [-0.2, -0.15) is 0 Å². The maximum atomic E-state index is 13.3. The third-order valence-corrected chi connectivity index (χ3v) is 3.64. The summed E-state index contributed by atoms with van der Waals surface area (Å²) in [6, 6.07) is 3.14. The Balaban J connectivity index is 2.07. The van der Waals surface area contributed by atoms with E-state index in [-0.39, 0.29) is 34.8 Å². The first-order valence-electron chi connectivity index (χ1n) is 7.12. The van der Waals surface area contributed by atoms with Crippen LogP contribution in [0.25, 0.3) is 0 Å². The first-order chi connectivity index (χ1) is 12.4. The number of primary amides is 1. The topological polar surface area (TPSA) is 174 Å². The molecule has 2 aromatic rings. The zero-order valence-corrected chi connectivity index (χ0v) is 14.7. The lowest BCUT2D eigenvalue weighted by Gasteiger charge is -2.08. The summed E-state index contributed by atoms with van der Waals surface area (Å²) in [5.74, 6) is -1.25. The first-order valence-corrected chi connectivity index (χ1v) is 7.91. The highest BCUT2D eigenvalue weighted by molar-refractivity contribution is 9.10. The molecule has 1 aromatic carbocycles. The minimum atomic E-state index is -0.847. The first kappa shape index (κ1) is 19.7. The fraction of sp³-hybridized carbons (Fsp3) is 0.231. The van der Waals surface area contributed by atoms with Crippen LogP contribution in [-0.4, -0.2) is 39.9 Å². The number of carbonyl (C=O) groups excluding carboxylic acids is 1. The molecule has 140 valence electrons. The van der Waals surface area contributed by atoms with Gasteiger partial charge in [-0.1, -0.05) is 0 Å². The van der Waals surface area contributed by atoms with Crippen molar-refractivity contribution in [1.82, 2.24) is 15.8 Å². The second kappa shape index (κ2) is 9.19. The summed E-state index contributed by atoms with van der Waals surface area (Å²) in [6.07, 6.45) is 0.172. The Labute approximate surface area is 154 Å². The van der Waals surface area contributed by atoms with E-state index in [0.717, 1.165) is 0 Å². The number of anilines is 1. The monoisotopic (exact) mass is 431 g/mol. The van der Waals surface area contributed by atoms with E-state index in [0.29, 0.717) is 5.69 Å². The Kier molecular flexibility index (Phi) is 6.97. The van der Waals surface area contributed by atoms with Gasteiger partial charge in [0, 0.05) is 0 Å². The van der Waals surface area contributed by atoms with E-state index in [2.05, 4.69) is 41.3 Å². The zero-order chi connectivity index (χ0) is 19.1. The molecular formula is C13H15BrFN7O4. The van der Waals surface area contributed by atoms with E-state index in [1.807, 2.05) is 5.48 Å². The van der Waals surface area contributed by atoms with Crippen LogP contribution in [0, 0.1) is 5.82 Å². The molecule has 1 atom stereocenters. The number of hydrogen-bond donors (Lipinski definition) is 5. The Morgan fingerprint density at radius 1 is 1.50 bits per heavy atom. The zero-order valence-electron chi connectivity index (χ0n) is 13.1. The number of hydroxylamine groups is 1. The van der Waals surface area contributed by atoms with Crippen LogP contribution in [0.5, 0.6) is 0 Å². The largest absolute Gasteiger partial charge is 0.368 e. The van der Waals surface area contributed by atoms with Gasteiger partial charge in [0.25, 0.3) is 0 Å². The highest BCUT2D eigenvalue weighted by Crippen LogP contribution is 2.23. The van der Waals surface area contributed by atoms with Gasteiger partial charge in [-0.05, 0) is 50.9 Å². The molecular weight excluding hydrogens is 417 g/mol. The van der Waals surface area contributed by atoms with Crippen LogP contribution < -0.4 is 22.4 Å². The van der Waals surface area contributed by atoms with Crippen LogP contribution in [0.3, 0.4) is 0 Å². The Hall–Kier alpha value is -2.61. The number of aliphatic imine (C=N–C) groups is 1. The molecule has 1 aromatic heterocycles. The summed E-state index contributed by atoms with van der Waals surface area (Å²) in [6.45, 7) is 0.0420. The fourth-order valence-corrected chi connectivity index (χ4v) is 2.04. The van der Waals surface area contributed by atoms with Crippen molar-refractivity contribution in [2.45, 2.75) is 12.5 Å². The van der Waals surface area contributed by atoms with E-state index >= 15 is 0 Å². The second-order valence-corrected chi connectivity index (χ2v) is 5.73. The smallest absolute Gasteiger partial charge is 0.234 e. The van der Waals surface area contributed by atoms with Crippen LogP contribution >= 0.6 is 15.9 Å². The number of hydrogen-bond acceptors (Lipinski definition) is 9. The lowest BCUT2D eigenvalue weighted by molar-refractivity contribution is -0.119. The highest BCUT2D eigenvalue weighted by Gasteiger charge is 2.17. The molecule has 0 bridgehead atoms. The molecule has 0 aliphatic carbocycles. The van der Waals surface area contributed by atoms with Gasteiger partial charge in [0.05, 0.1) is 22.8 Å². The molecule has 0 aliphatic heterocycles. The van der Waals surface area contributed by atoms with Gasteiger partial charge in [-0.15, -0.1) is 0 Å². The standard InChI is InChI=1S/C13H15BrFN7O4/c14-7-5-6(1-2-8(7)15)18-12(19-24)10-13(22-26-20-10)21-25-4-3-9(16)11(17)23/h1-2,5,9,24H,3-4,16H2,(H2,17,23)(H,18,19)(H,21,22). The number of carbonyl (C=O) groups is 1. The molecule has 0 radical (unpaired) electrons. The van der Waals surface area contributed by atoms with E-state index < -0.39 is 17.8 Å². The van der Waals surface area contributed by atoms with Gasteiger partial charge in [0.2, 0.25) is 11.7 Å². The number of amides is 1. The van der Waals surface area contributed by atoms with Crippen molar-refractivity contribution in [3.05, 3.63) is 34.2 Å². The van der Waals surface area contributed by atoms with E-state index in [1.165, 1.54) is 18.2 Å². The van der Waals surface area contributed by atoms with E-state index in [1.54, 1.807) is 0 Å². The van der Waals surface area contributed by atoms with Gasteiger partial charge in [0.1, 0.15) is 5.82 Å². The van der Waals surface area contributed by atoms with Crippen LogP contribution in [0.15, 0.2) is 32.3 Å². The molecule has 1 heterocycles. The summed E-state index contributed by atoms with van der Waals surface area (Å²) >= 11 is 3.04. The molecule has 7 N–H and O–H groups in total. The molecule has 0 spiro atoms. The van der Waals surface area contributed by atoms with Gasteiger partial charge in [0.15, 0.2) is 11.5 Å². The minimum Gasteiger partial charge on any atom is -0.368 e. The van der Waals surface area contributed by atoms with Gasteiger partial charge in [-0.25, -0.2) is 19.5 Å². The van der Waals surface area contributed by atoms with Crippen molar-refractivity contribution >= 4 is 39.2 Å². The lowest BCUT2D eigenvalue weighted by Crippen LogP contribution is -2.37. The van der Waals surface area contributed by atoms with E-state index in [9.17, 15) is 14.4 Å². The third kappa shape index (κ3) is 5.19. The molecule has 11 nitrogen and oxygen atoms in total. The minimum absolute atomic E-state index is 0.000811. The SMILES string of the molecule is NC(=O)C(N)CCONc1nonc1C(=Nc1ccc(F)c(Br)c1)NO. The quantitative estimate of drug-likeness (QED) is 0.173. The Morgan fingerprint density at radius 2 is 2.27 bits per heavy atom. The third-order valence-electron chi connectivity index (χ3n) is 3.03. The molecule has 2 rings (SSSR count). The van der Waals surface area contributed by atoms with Crippen LogP contribution in [0.2, 0.25) is 0 Å². The number of halogens is 2. The van der Waals surface area contributed by atoms with E-state index in [4.69, 9.17) is 16.3 Å². The maximum Gasteiger partial charge on any atom is 0.234 e. The molecule has 0 aliphatic rings. The number of nitrogens with zero attached hydrogens (tertiary/aromatic N) is 3. The molecule has 0 saturated heterocycles. The predicted octanol–water partition coefficient (Wildman–Crippen LogP) is 0.575. The second-order valence-electron chi connectivity index (χ2n) is 4.88. The molecule has 26 heavy (non-hydrogen) atoms. The molecule has 1 amide bonds. The number of aromatic nitrogens is 2. The van der Waals surface area contributed by atoms with Gasteiger partial charge < -0.3 is 11.5 Å². The number of rotatable bonds is 8. The fourth-order valence-electron chi connectivity index (χ4n) is 1.67. The average Bonchev–Trinajstić information content (AvgIpc) is 3.07. The van der Waals surface area contributed by atoms with Crippen molar-refractivity contribution in [2.75, 3.05) is 12.1 Å². The van der Waals surface area contributed by atoms with Crippen molar-refractivity contribution in [2.24, 2.45) is 16.5 Å². The highest BCUT2D eigenvalue weighted by atomic mass is 79.9. The summed E-state index contributed by atoms with van der Waals surface area (Å²) < 4.78 is 18.1. The van der Waals surface area contributed by atoms with Crippen LogP contribution in [0.1, 0.15) is 12.1 Å². The Morgan fingerprint density at radius 3 is 2.92 bits per heavy atom. The van der Waals surface area contributed by atoms with Crippen molar-refractivity contribution in [3.63, 3.8) is 0 Å². The molecule has 0 saturated carbocycles. The average molecular weight is 432 g/mol. The summed E-state index contributed by atoms with van der Waals surface area (Å²) in [7, 11) is 0. The molecule has 1 unspecified atom stereocenters. The number of benzene rings is 1. The number of amidine groups is 1. The Bertz CT molecular complexity index is 801. The maximum absolute atomic E-state index is 13.3. The van der Waals surface area contributed by atoms with Gasteiger partial charge in [-0.3, -0.25) is 20.3 Å². The van der Waals surface area contributed by atoms with Crippen molar-refractivity contribution in [3.8, 4) is 0 Å². The van der Waals surface area contributed by atoms with Crippen molar-refractivity contribution in [1.29, 1.82) is 0 Å². The summed E-state index contributed by atoms with van der Waals surface area (Å²) in [5, 5.41) is 16.5. The summed E-state index contributed by atoms with van der Waals surface area (Å²) in [4.78, 5) is 20.0.